The molecule has 0 saturated carbocycles. The molecule has 0 radical (unpaired) electrons. The minimum Gasteiger partial charge on any atom is -0.480 e. The van der Waals surface area contributed by atoms with Gasteiger partial charge < -0.3 is 10.0 Å². The highest BCUT2D eigenvalue weighted by Gasteiger charge is 2.39. The molecule has 2 heterocycles. The van der Waals surface area contributed by atoms with E-state index in [-0.39, 0.29) is 14.8 Å². The van der Waals surface area contributed by atoms with Crippen molar-refractivity contribution in [3.8, 4) is 0 Å². The lowest BCUT2D eigenvalue weighted by Crippen LogP contribution is -2.38. The number of nitrogens with zero attached hydrogens (tertiary/aromatic N) is 3. The van der Waals surface area contributed by atoms with Gasteiger partial charge in [-0.15, -0.1) is 0 Å². The number of sulfone groups is 1. The van der Waals surface area contributed by atoms with Gasteiger partial charge in [-0.2, -0.15) is 5.10 Å². The van der Waals surface area contributed by atoms with E-state index in [1.165, 1.54) is 17.7 Å². The second kappa shape index (κ2) is 9.57. The van der Waals surface area contributed by atoms with Crippen LogP contribution in [-0.4, -0.2) is 41.9 Å². The van der Waals surface area contributed by atoms with E-state index >= 15 is 0 Å². The van der Waals surface area contributed by atoms with Crippen molar-refractivity contribution in [2.45, 2.75) is 55.0 Å². The number of carboxylic acids is 1. The smallest absolute Gasteiger partial charge is 0.326 e. The van der Waals surface area contributed by atoms with Crippen molar-refractivity contribution in [1.82, 2.24) is 9.78 Å². The largest absolute Gasteiger partial charge is 0.480 e. The van der Waals surface area contributed by atoms with Crippen LogP contribution in [0.25, 0.3) is 0 Å². The molecule has 0 amide bonds. The van der Waals surface area contributed by atoms with Crippen LogP contribution in [0.3, 0.4) is 0 Å². The van der Waals surface area contributed by atoms with Gasteiger partial charge in [0.1, 0.15) is 16.8 Å². The lowest BCUT2D eigenvalue weighted by atomic mass is 10.1. The Morgan fingerprint density at radius 1 is 1.15 bits per heavy atom. The first-order valence-corrected chi connectivity index (χ1v) is 12.8. The molecule has 3 aromatic rings. The third kappa shape index (κ3) is 4.63. The van der Waals surface area contributed by atoms with E-state index in [0.717, 1.165) is 12.8 Å². The molecule has 7 nitrogen and oxygen atoms in total. The van der Waals surface area contributed by atoms with Crippen LogP contribution in [0, 0.1) is 6.92 Å². The first-order chi connectivity index (χ1) is 15.8. The summed E-state index contributed by atoms with van der Waals surface area (Å²) in [5.74, 6) is -0.631. The quantitative estimate of drug-likeness (QED) is 0.507. The number of rotatable bonds is 8. The summed E-state index contributed by atoms with van der Waals surface area (Å²) in [5.41, 5.74) is 1.51. The maximum Gasteiger partial charge on any atom is 0.326 e. The Morgan fingerprint density at radius 3 is 2.55 bits per heavy atom. The molecule has 1 unspecified atom stereocenters. The fraction of sp³-hybridized carbons (Fsp3) is 0.333. The molecule has 1 fully saturated rings. The van der Waals surface area contributed by atoms with E-state index in [1.54, 1.807) is 28.6 Å². The molecule has 33 heavy (non-hydrogen) atoms. The molecule has 1 aliphatic heterocycles. The van der Waals surface area contributed by atoms with Gasteiger partial charge in [-0.3, -0.25) is 0 Å². The molecule has 1 aromatic heterocycles. The summed E-state index contributed by atoms with van der Waals surface area (Å²) in [6, 6.07) is 15.5. The highest BCUT2D eigenvalue weighted by Crippen LogP contribution is 2.38. The number of aliphatic carboxylic acids is 1. The summed E-state index contributed by atoms with van der Waals surface area (Å²) in [6.07, 6.45) is 2.65. The van der Waals surface area contributed by atoms with Crippen molar-refractivity contribution >= 4 is 33.2 Å². The van der Waals surface area contributed by atoms with Crippen LogP contribution in [0.5, 0.6) is 0 Å². The van der Waals surface area contributed by atoms with Crippen LogP contribution >= 0.6 is 11.6 Å². The Bertz CT molecular complexity index is 1260. The molecule has 0 aliphatic carbocycles. The summed E-state index contributed by atoms with van der Waals surface area (Å²) in [6.45, 7) is 2.56. The first kappa shape index (κ1) is 23.3. The second-order valence-corrected chi connectivity index (χ2v) is 10.4. The van der Waals surface area contributed by atoms with Crippen molar-refractivity contribution in [2.75, 3.05) is 11.4 Å². The monoisotopic (exact) mass is 487 g/mol. The van der Waals surface area contributed by atoms with Gasteiger partial charge in [-0.05, 0) is 50.3 Å². The SMILES string of the molecule is Cc1nn(CCCc2ccccc2)c(N2CCCC2C(=O)O)c1S(=O)(=O)c1ccccc1Cl. The van der Waals surface area contributed by atoms with Gasteiger partial charge in [-0.1, -0.05) is 54.1 Å². The van der Waals surface area contributed by atoms with Crippen LogP contribution in [0.15, 0.2) is 64.4 Å². The number of carbonyl (C=O) groups is 1. The van der Waals surface area contributed by atoms with Gasteiger partial charge >= 0.3 is 5.97 Å². The number of anilines is 1. The zero-order valence-electron chi connectivity index (χ0n) is 18.3. The Labute approximate surface area is 198 Å². The van der Waals surface area contributed by atoms with E-state index in [2.05, 4.69) is 5.10 Å². The Hall–Kier alpha value is -2.84. The molecule has 1 saturated heterocycles. The predicted octanol–water partition coefficient (Wildman–Crippen LogP) is 4.36. The van der Waals surface area contributed by atoms with Crippen LogP contribution in [-0.2, 0) is 27.6 Å². The van der Waals surface area contributed by atoms with E-state index in [0.29, 0.717) is 37.4 Å². The number of benzene rings is 2. The average Bonchev–Trinajstić information content (AvgIpc) is 3.39. The topological polar surface area (TPSA) is 92.5 Å². The molecule has 1 N–H and O–H groups in total. The summed E-state index contributed by atoms with van der Waals surface area (Å²) >= 11 is 6.25. The summed E-state index contributed by atoms with van der Waals surface area (Å²) in [5, 5.41) is 14.5. The number of hydrogen-bond acceptors (Lipinski definition) is 5. The summed E-state index contributed by atoms with van der Waals surface area (Å²) in [4.78, 5) is 13.6. The molecule has 9 heteroatoms. The number of aromatic nitrogens is 2. The van der Waals surface area contributed by atoms with Crippen molar-refractivity contribution in [1.29, 1.82) is 0 Å². The predicted molar refractivity (Wildman–Crippen MR) is 127 cm³/mol. The maximum atomic E-state index is 13.7. The number of aryl methyl sites for hydroxylation is 3. The third-order valence-corrected chi connectivity index (χ3v) is 8.32. The maximum absolute atomic E-state index is 13.7. The van der Waals surface area contributed by atoms with Crippen molar-refractivity contribution in [3.05, 3.63) is 70.9 Å². The molecule has 0 bridgehead atoms. The van der Waals surface area contributed by atoms with Crippen LogP contribution in [0.2, 0.25) is 5.02 Å². The normalized spacial score (nSPS) is 16.3. The van der Waals surface area contributed by atoms with Crippen LogP contribution < -0.4 is 4.90 Å². The van der Waals surface area contributed by atoms with Gasteiger partial charge in [0.05, 0.1) is 15.6 Å². The standard InChI is InChI=1S/C24H26ClN3O4S/c1-17-22(33(31,32)21-14-6-5-12-19(21)25)23(27-15-8-13-20(27)24(29)30)28(26-17)16-7-11-18-9-3-2-4-10-18/h2-6,9-10,12,14,20H,7-8,11,13,15-16H2,1H3,(H,29,30). The van der Waals surface area contributed by atoms with Crippen molar-refractivity contribution < 1.29 is 18.3 Å². The van der Waals surface area contributed by atoms with E-state index in [4.69, 9.17) is 11.6 Å². The van der Waals surface area contributed by atoms with Crippen molar-refractivity contribution in [3.63, 3.8) is 0 Å². The van der Waals surface area contributed by atoms with Crippen molar-refractivity contribution in [2.24, 2.45) is 0 Å². The Kier molecular flexibility index (Phi) is 6.76. The molecular weight excluding hydrogens is 462 g/mol. The number of halogens is 1. The zero-order valence-corrected chi connectivity index (χ0v) is 19.9. The Morgan fingerprint density at radius 2 is 1.85 bits per heavy atom. The Balaban J connectivity index is 1.78. The minimum absolute atomic E-state index is 0.00840. The lowest BCUT2D eigenvalue weighted by Gasteiger charge is -2.26. The number of carboxylic acid groups (broad SMARTS) is 1. The molecule has 2 aromatic carbocycles. The molecule has 174 valence electrons. The van der Waals surface area contributed by atoms with E-state index < -0.39 is 21.8 Å². The molecular formula is C24H26ClN3O4S. The van der Waals surface area contributed by atoms with Gasteiger partial charge in [0.15, 0.2) is 0 Å². The second-order valence-electron chi connectivity index (χ2n) is 8.17. The average molecular weight is 488 g/mol. The highest BCUT2D eigenvalue weighted by molar-refractivity contribution is 7.91. The molecule has 0 spiro atoms. The summed E-state index contributed by atoms with van der Waals surface area (Å²) < 4.78 is 29.1. The fourth-order valence-electron chi connectivity index (χ4n) is 4.43. The third-order valence-electron chi connectivity index (χ3n) is 5.93. The number of hydrogen-bond donors (Lipinski definition) is 1. The van der Waals surface area contributed by atoms with Gasteiger partial charge in [0, 0.05) is 13.1 Å². The highest BCUT2D eigenvalue weighted by atomic mass is 35.5. The van der Waals surface area contributed by atoms with Gasteiger partial charge in [0.25, 0.3) is 0 Å². The first-order valence-electron chi connectivity index (χ1n) is 10.9. The molecule has 4 rings (SSSR count). The van der Waals surface area contributed by atoms with E-state index in [9.17, 15) is 18.3 Å². The zero-order chi connectivity index (χ0) is 23.6. The van der Waals surface area contributed by atoms with Gasteiger partial charge in [-0.25, -0.2) is 17.9 Å². The summed E-state index contributed by atoms with van der Waals surface area (Å²) in [7, 11) is -4.02. The molecule has 1 atom stereocenters. The van der Waals surface area contributed by atoms with Crippen LogP contribution in [0.1, 0.15) is 30.5 Å². The van der Waals surface area contributed by atoms with Crippen LogP contribution in [0.4, 0.5) is 5.82 Å². The lowest BCUT2D eigenvalue weighted by molar-refractivity contribution is -0.138. The van der Waals surface area contributed by atoms with E-state index in [1.807, 2.05) is 30.3 Å². The minimum atomic E-state index is -4.02. The van der Waals surface area contributed by atoms with Gasteiger partial charge in [0.2, 0.25) is 9.84 Å². The fourth-order valence-corrected chi connectivity index (χ4v) is 6.56. The molecule has 1 aliphatic rings.